The van der Waals surface area contributed by atoms with Gasteiger partial charge in [-0.05, 0) is 30.6 Å². The highest BCUT2D eigenvalue weighted by Crippen LogP contribution is 2.36. The largest absolute Gasteiger partial charge is 0.417 e. The van der Waals surface area contributed by atoms with Gasteiger partial charge in [0.05, 0.1) is 0 Å². The zero-order valence-electron chi connectivity index (χ0n) is 14.7. The van der Waals surface area contributed by atoms with Crippen LogP contribution < -0.4 is 0 Å². The van der Waals surface area contributed by atoms with Gasteiger partial charge >= 0.3 is 0 Å². The summed E-state index contributed by atoms with van der Waals surface area (Å²) in [5.41, 5.74) is 0.833. The highest BCUT2D eigenvalue weighted by Gasteiger charge is 2.38. The summed E-state index contributed by atoms with van der Waals surface area (Å²) in [5, 5.41) is 21.5. The average molecular weight is 341 g/mol. The Morgan fingerprint density at radius 2 is 1.87 bits per heavy atom. The van der Waals surface area contributed by atoms with Crippen molar-refractivity contribution in [1.29, 1.82) is 0 Å². The Balaban J connectivity index is 2.73. The van der Waals surface area contributed by atoms with Crippen LogP contribution in [0.5, 0.6) is 0 Å². The molecule has 23 heavy (non-hydrogen) atoms. The molecule has 0 aliphatic heterocycles. The quantitative estimate of drug-likeness (QED) is 0.465. The van der Waals surface area contributed by atoms with E-state index in [9.17, 15) is 15.2 Å². The van der Waals surface area contributed by atoms with E-state index in [1.165, 1.54) is 12.4 Å². The van der Waals surface area contributed by atoms with Gasteiger partial charge in [-0.1, -0.05) is 20.8 Å². The predicted molar refractivity (Wildman–Crippen MR) is 90.3 cm³/mol. The fourth-order valence-electron chi connectivity index (χ4n) is 1.76. The lowest BCUT2D eigenvalue weighted by Gasteiger charge is -2.36. The molecule has 1 rings (SSSR count). The minimum Gasteiger partial charge on any atom is -0.417 e. The fourth-order valence-corrected chi connectivity index (χ4v) is 2.82. The highest BCUT2D eigenvalue weighted by atomic mass is 28.4. The SMILES string of the molecule is Cc1cnc(C(O)C(CCO[Si](C)(C)C(C)(C)C)[N+](=O)[O-])nc1. The lowest BCUT2D eigenvalue weighted by Crippen LogP contribution is -2.42. The average Bonchev–Trinajstić information content (AvgIpc) is 2.42. The summed E-state index contributed by atoms with van der Waals surface area (Å²) in [6.07, 6.45) is 1.86. The molecule has 0 amide bonds. The van der Waals surface area contributed by atoms with E-state index in [1.54, 1.807) is 0 Å². The molecule has 130 valence electrons. The van der Waals surface area contributed by atoms with Crippen molar-refractivity contribution in [1.82, 2.24) is 9.97 Å². The molecule has 1 heterocycles. The van der Waals surface area contributed by atoms with Crippen LogP contribution in [0.15, 0.2) is 12.4 Å². The molecule has 0 spiro atoms. The van der Waals surface area contributed by atoms with Gasteiger partial charge in [0.1, 0.15) is 0 Å². The van der Waals surface area contributed by atoms with Crippen LogP contribution in [-0.2, 0) is 4.43 Å². The Kier molecular flexibility index (Phi) is 6.38. The number of nitrogens with zero attached hydrogens (tertiary/aromatic N) is 3. The molecular formula is C15H27N3O4Si. The molecule has 1 N–H and O–H groups in total. The van der Waals surface area contributed by atoms with Crippen molar-refractivity contribution in [2.75, 3.05) is 6.61 Å². The first-order valence-corrected chi connectivity index (χ1v) is 10.6. The van der Waals surface area contributed by atoms with Crippen LogP contribution in [0.25, 0.3) is 0 Å². The minimum absolute atomic E-state index is 0.0375. The molecule has 1 aromatic heterocycles. The molecule has 1 aromatic rings. The predicted octanol–water partition coefficient (Wildman–Crippen LogP) is 2.88. The lowest BCUT2D eigenvalue weighted by atomic mass is 10.1. The molecule has 0 aromatic carbocycles. The number of aliphatic hydroxyl groups is 1. The van der Waals surface area contributed by atoms with Gasteiger partial charge in [-0.25, -0.2) is 9.97 Å². The van der Waals surface area contributed by atoms with Crippen LogP contribution in [0.3, 0.4) is 0 Å². The maximum absolute atomic E-state index is 11.3. The van der Waals surface area contributed by atoms with E-state index in [0.717, 1.165) is 5.56 Å². The van der Waals surface area contributed by atoms with Crippen molar-refractivity contribution in [2.24, 2.45) is 0 Å². The molecule has 0 fully saturated rings. The molecule has 0 bridgehead atoms. The van der Waals surface area contributed by atoms with Gasteiger partial charge < -0.3 is 9.53 Å². The van der Waals surface area contributed by atoms with E-state index in [2.05, 4.69) is 43.8 Å². The Morgan fingerprint density at radius 1 is 1.35 bits per heavy atom. The van der Waals surface area contributed by atoms with Gasteiger partial charge in [0.25, 0.3) is 0 Å². The molecule has 2 unspecified atom stereocenters. The second-order valence-corrected chi connectivity index (χ2v) is 12.1. The first-order chi connectivity index (χ1) is 10.5. The summed E-state index contributed by atoms with van der Waals surface area (Å²) in [6.45, 7) is 12.6. The van der Waals surface area contributed by atoms with Crippen molar-refractivity contribution >= 4 is 8.32 Å². The Bertz CT molecular complexity index is 529. The first-order valence-electron chi connectivity index (χ1n) is 7.70. The Hall–Kier alpha value is -1.38. The monoisotopic (exact) mass is 341 g/mol. The molecule has 8 heteroatoms. The fraction of sp³-hybridized carbons (Fsp3) is 0.733. The number of rotatable bonds is 7. The first kappa shape index (κ1) is 19.7. The van der Waals surface area contributed by atoms with Crippen LogP contribution >= 0.6 is 0 Å². The second kappa shape index (κ2) is 7.46. The number of aliphatic hydroxyl groups excluding tert-OH is 1. The third-order valence-corrected chi connectivity index (χ3v) is 8.92. The van der Waals surface area contributed by atoms with Crippen molar-refractivity contribution < 1.29 is 14.5 Å². The summed E-state index contributed by atoms with van der Waals surface area (Å²) < 4.78 is 5.96. The van der Waals surface area contributed by atoms with E-state index >= 15 is 0 Å². The van der Waals surface area contributed by atoms with Gasteiger partial charge in [0.2, 0.25) is 6.04 Å². The van der Waals surface area contributed by atoms with E-state index in [4.69, 9.17) is 4.43 Å². The molecule has 7 nitrogen and oxygen atoms in total. The number of nitro groups is 1. The van der Waals surface area contributed by atoms with Crippen LogP contribution in [0.1, 0.15) is 44.7 Å². The van der Waals surface area contributed by atoms with E-state index in [0.29, 0.717) is 0 Å². The summed E-state index contributed by atoms with van der Waals surface area (Å²) in [6, 6.07) is -1.18. The maximum Gasteiger partial charge on any atom is 0.248 e. The molecular weight excluding hydrogens is 314 g/mol. The molecule has 0 aliphatic rings. The lowest BCUT2D eigenvalue weighted by molar-refractivity contribution is -0.537. The van der Waals surface area contributed by atoms with Crippen LogP contribution in [0, 0.1) is 17.0 Å². The van der Waals surface area contributed by atoms with Gasteiger partial charge in [0, 0.05) is 30.3 Å². The van der Waals surface area contributed by atoms with Crippen LogP contribution in [-0.4, -0.2) is 41.0 Å². The topological polar surface area (TPSA) is 98.4 Å². The third-order valence-electron chi connectivity index (χ3n) is 4.38. The maximum atomic E-state index is 11.3. The highest BCUT2D eigenvalue weighted by molar-refractivity contribution is 6.74. The normalized spacial score (nSPS) is 15.3. The van der Waals surface area contributed by atoms with Crippen molar-refractivity contribution in [3.05, 3.63) is 33.9 Å². The summed E-state index contributed by atoms with van der Waals surface area (Å²) in [4.78, 5) is 18.8. The number of hydrogen-bond donors (Lipinski definition) is 1. The number of aromatic nitrogens is 2. The van der Waals surface area contributed by atoms with E-state index in [1.807, 2.05) is 6.92 Å². The standard InChI is InChI=1S/C15H27N3O4Si/c1-11-9-16-14(17-10-11)13(19)12(18(20)21)7-8-22-23(5,6)15(2,3)4/h9-10,12-13,19H,7-8H2,1-6H3. The van der Waals surface area contributed by atoms with Gasteiger partial charge in [-0.2, -0.15) is 0 Å². The zero-order chi connectivity index (χ0) is 17.8. The van der Waals surface area contributed by atoms with Crippen LogP contribution in [0.4, 0.5) is 0 Å². The Morgan fingerprint density at radius 3 is 2.30 bits per heavy atom. The minimum atomic E-state index is -1.96. The van der Waals surface area contributed by atoms with Gasteiger partial charge in [-0.15, -0.1) is 0 Å². The molecule has 0 aliphatic carbocycles. The molecule has 0 radical (unpaired) electrons. The second-order valence-electron chi connectivity index (χ2n) is 7.31. The van der Waals surface area contributed by atoms with Gasteiger partial charge in [-0.3, -0.25) is 10.1 Å². The molecule has 0 saturated carbocycles. The number of aryl methyl sites for hydroxylation is 1. The Labute approximate surface area is 138 Å². The van der Waals surface area contributed by atoms with Gasteiger partial charge in [0.15, 0.2) is 20.2 Å². The summed E-state index contributed by atoms with van der Waals surface area (Å²) in [7, 11) is -1.96. The van der Waals surface area contributed by atoms with E-state index in [-0.39, 0.29) is 23.9 Å². The third kappa shape index (κ3) is 5.33. The molecule has 0 saturated heterocycles. The van der Waals surface area contributed by atoms with Crippen LogP contribution in [0.2, 0.25) is 18.1 Å². The summed E-state index contributed by atoms with van der Waals surface area (Å²) >= 11 is 0. The number of hydrogen-bond acceptors (Lipinski definition) is 6. The van der Waals surface area contributed by atoms with Crippen molar-refractivity contribution in [2.45, 2.75) is 64.4 Å². The van der Waals surface area contributed by atoms with E-state index < -0.39 is 25.4 Å². The zero-order valence-corrected chi connectivity index (χ0v) is 15.7. The molecule has 2 atom stereocenters. The van der Waals surface area contributed by atoms with Crippen molar-refractivity contribution in [3.8, 4) is 0 Å². The van der Waals surface area contributed by atoms with Crippen molar-refractivity contribution in [3.63, 3.8) is 0 Å². The smallest absolute Gasteiger partial charge is 0.248 e. The summed E-state index contributed by atoms with van der Waals surface area (Å²) in [5.74, 6) is 0.0737.